The predicted molar refractivity (Wildman–Crippen MR) is 62.8 cm³/mol. The van der Waals surface area contributed by atoms with Gasteiger partial charge in [-0.25, -0.2) is 18.2 Å². The van der Waals surface area contributed by atoms with E-state index in [4.69, 9.17) is 5.11 Å². The van der Waals surface area contributed by atoms with E-state index in [0.717, 1.165) is 6.20 Å². The lowest BCUT2D eigenvalue weighted by Gasteiger charge is -2.05. The molecule has 0 atom stereocenters. The first kappa shape index (κ1) is 12.1. The summed E-state index contributed by atoms with van der Waals surface area (Å²) in [7, 11) is -3.69. The summed E-state index contributed by atoms with van der Waals surface area (Å²) in [6, 6.07) is 3.95. The topological polar surface area (TPSA) is 112 Å². The molecule has 0 aliphatic heterocycles. The number of anilines is 1. The van der Waals surface area contributed by atoms with Gasteiger partial charge in [0.25, 0.3) is 10.0 Å². The smallest absolute Gasteiger partial charge is 0.337 e. The molecule has 18 heavy (non-hydrogen) atoms. The van der Waals surface area contributed by atoms with E-state index >= 15 is 0 Å². The summed E-state index contributed by atoms with van der Waals surface area (Å²) in [6.45, 7) is 0. The van der Waals surface area contributed by atoms with Gasteiger partial charge in [-0.15, -0.1) is 0 Å². The van der Waals surface area contributed by atoms with Crippen LogP contribution in [0.15, 0.2) is 41.7 Å². The number of aromatic amines is 1. The second-order valence-electron chi connectivity index (χ2n) is 3.39. The van der Waals surface area contributed by atoms with Gasteiger partial charge in [0.1, 0.15) is 10.7 Å². The molecular formula is C10H9N3O4S. The van der Waals surface area contributed by atoms with Crippen molar-refractivity contribution in [3.05, 3.63) is 42.4 Å². The Morgan fingerprint density at radius 1 is 1.33 bits per heavy atom. The Morgan fingerprint density at radius 2 is 2.11 bits per heavy atom. The number of carbonyl (C=O) groups is 1. The van der Waals surface area contributed by atoms with Crippen molar-refractivity contribution in [2.75, 3.05) is 4.72 Å². The number of hydrogen-bond acceptors (Lipinski definition) is 4. The highest BCUT2D eigenvalue weighted by atomic mass is 32.2. The van der Waals surface area contributed by atoms with Crippen LogP contribution in [0.4, 0.5) is 5.82 Å². The Kier molecular flexibility index (Phi) is 3.02. The fraction of sp³-hybridized carbons (Fsp3) is 0. The Balaban J connectivity index is 2.22. The molecule has 94 valence electrons. The van der Waals surface area contributed by atoms with Crippen molar-refractivity contribution in [2.45, 2.75) is 4.90 Å². The summed E-state index contributed by atoms with van der Waals surface area (Å²) >= 11 is 0. The van der Waals surface area contributed by atoms with Crippen LogP contribution in [0.3, 0.4) is 0 Å². The molecule has 2 aromatic heterocycles. The number of pyridine rings is 1. The van der Waals surface area contributed by atoms with Crippen LogP contribution in [0.25, 0.3) is 0 Å². The molecule has 0 unspecified atom stereocenters. The van der Waals surface area contributed by atoms with E-state index in [2.05, 4.69) is 14.7 Å². The highest BCUT2D eigenvalue weighted by Gasteiger charge is 2.15. The quantitative estimate of drug-likeness (QED) is 0.762. The van der Waals surface area contributed by atoms with Crippen molar-refractivity contribution in [1.29, 1.82) is 0 Å². The fourth-order valence-electron chi connectivity index (χ4n) is 1.25. The average molecular weight is 267 g/mol. The van der Waals surface area contributed by atoms with Crippen molar-refractivity contribution in [2.24, 2.45) is 0 Å². The molecule has 0 saturated heterocycles. The average Bonchev–Trinajstić information content (AvgIpc) is 2.83. The van der Waals surface area contributed by atoms with Crippen molar-refractivity contribution in [3.8, 4) is 0 Å². The zero-order chi connectivity index (χ0) is 13.2. The third kappa shape index (κ3) is 2.48. The minimum Gasteiger partial charge on any atom is -0.478 e. The van der Waals surface area contributed by atoms with Crippen molar-refractivity contribution < 1.29 is 18.3 Å². The number of carboxylic acids is 1. The van der Waals surface area contributed by atoms with E-state index in [1.807, 2.05) is 0 Å². The van der Waals surface area contributed by atoms with Crippen LogP contribution in [0.2, 0.25) is 0 Å². The minimum absolute atomic E-state index is 0.0143. The Morgan fingerprint density at radius 3 is 2.61 bits per heavy atom. The van der Waals surface area contributed by atoms with Gasteiger partial charge in [-0.05, 0) is 18.2 Å². The molecule has 0 bridgehead atoms. The van der Waals surface area contributed by atoms with Gasteiger partial charge < -0.3 is 10.1 Å². The van der Waals surface area contributed by atoms with Gasteiger partial charge in [-0.2, -0.15) is 0 Å². The lowest BCUT2D eigenvalue weighted by molar-refractivity contribution is 0.0696. The molecule has 0 saturated carbocycles. The molecule has 0 fully saturated rings. The Hall–Kier alpha value is -2.35. The van der Waals surface area contributed by atoms with E-state index in [1.54, 1.807) is 0 Å². The Labute approximate surface area is 103 Å². The second kappa shape index (κ2) is 4.49. The highest BCUT2D eigenvalue weighted by Crippen LogP contribution is 2.13. The number of nitrogens with zero attached hydrogens (tertiary/aromatic N) is 1. The van der Waals surface area contributed by atoms with Gasteiger partial charge >= 0.3 is 5.97 Å². The standard InChI is InChI=1S/C10H9N3O4S/c14-10(15)7-1-2-9(12-5-7)13-18(16,17)8-3-4-11-6-8/h1-6,11H,(H,12,13)(H,14,15). The number of hydrogen-bond donors (Lipinski definition) is 3. The lowest BCUT2D eigenvalue weighted by atomic mass is 10.3. The minimum atomic E-state index is -3.69. The van der Waals surface area contributed by atoms with E-state index in [1.165, 1.54) is 30.6 Å². The summed E-state index contributed by atoms with van der Waals surface area (Å²) in [5.74, 6) is -1.07. The number of sulfonamides is 1. The summed E-state index contributed by atoms with van der Waals surface area (Å²) < 4.78 is 25.8. The van der Waals surface area contributed by atoms with Crippen LogP contribution in [-0.2, 0) is 10.0 Å². The van der Waals surface area contributed by atoms with Crippen LogP contribution in [0.5, 0.6) is 0 Å². The molecule has 7 nitrogen and oxygen atoms in total. The number of H-pyrrole nitrogens is 1. The van der Waals surface area contributed by atoms with Crippen LogP contribution in [0, 0.1) is 0 Å². The molecule has 8 heteroatoms. The third-order valence-electron chi connectivity index (χ3n) is 2.13. The molecule has 0 radical (unpaired) electrons. The molecule has 0 aromatic carbocycles. The van der Waals surface area contributed by atoms with Gasteiger partial charge in [0.15, 0.2) is 0 Å². The van der Waals surface area contributed by atoms with Crippen LogP contribution in [0.1, 0.15) is 10.4 Å². The van der Waals surface area contributed by atoms with E-state index in [-0.39, 0.29) is 16.3 Å². The van der Waals surface area contributed by atoms with E-state index < -0.39 is 16.0 Å². The maximum absolute atomic E-state index is 11.8. The van der Waals surface area contributed by atoms with Crippen LogP contribution >= 0.6 is 0 Å². The Bertz CT molecular complexity index is 647. The highest BCUT2D eigenvalue weighted by molar-refractivity contribution is 7.92. The summed E-state index contributed by atoms with van der Waals surface area (Å²) in [5, 5.41) is 8.68. The van der Waals surface area contributed by atoms with Gasteiger partial charge in [0, 0.05) is 18.6 Å². The molecular weight excluding hydrogens is 258 g/mol. The van der Waals surface area contributed by atoms with Gasteiger partial charge in [-0.3, -0.25) is 4.72 Å². The fourth-order valence-corrected chi connectivity index (χ4v) is 2.24. The number of carboxylic acid groups (broad SMARTS) is 1. The molecule has 2 rings (SSSR count). The zero-order valence-electron chi connectivity index (χ0n) is 8.99. The molecule has 0 aliphatic rings. The SMILES string of the molecule is O=C(O)c1ccc(NS(=O)(=O)c2cc[nH]c2)nc1. The van der Waals surface area contributed by atoms with Gasteiger partial charge in [0.05, 0.1) is 5.56 Å². The number of aromatic nitrogens is 2. The van der Waals surface area contributed by atoms with Crippen molar-refractivity contribution in [1.82, 2.24) is 9.97 Å². The molecule has 0 aliphatic carbocycles. The third-order valence-corrected chi connectivity index (χ3v) is 3.48. The van der Waals surface area contributed by atoms with Crippen LogP contribution < -0.4 is 4.72 Å². The first-order valence-electron chi connectivity index (χ1n) is 4.84. The maximum atomic E-state index is 11.8. The van der Waals surface area contributed by atoms with E-state index in [0.29, 0.717) is 0 Å². The molecule has 2 heterocycles. The normalized spacial score (nSPS) is 11.1. The number of nitrogens with one attached hydrogen (secondary N) is 2. The predicted octanol–water partition coefficient (Wildman–Crippen LogP) is 0.909. The zero-order valence-corrected chi connectivity index (χ0v) is 9.81. The number of aromatic carboxylic acids is 1. The monoisotopic (exact) mass is 267 g/mol. The van der Waals surface area contributed by atoms with Crippen molar-refractivity contribution in [3.63, 3.8) is 0 Å². The molecule has 2 aromatic rings. The molecule has 3 N–H and O–H groups in total. The molecule has 0 spiro atoms. The lowest BCUT2D eigenvalue weighted by Crippen LogP contribution is -2.13. The van der Waals surface area contributed by atoms with Crippen molar-refractivity contribution >= 4 is 21.8 Å². The summed E-state index contributed by atoms with van der Waals surface area (Å²) in [6.07, 6.45) is 3.89. The number of rotatable bonds is 4. The maximum Gasteiger partial charge on any atom is 0.337 e. The summed E-state index contributed by atoms with van der Waals surface area (Å²) in [4.78, 5) is 17.0. The summed E-state index contributed by atoms with van der Waals surface area (Å²) in [5.41, 5.74) is -0.0143. The second-order valence-corrected chi connectivity index (χ2v) is 5.07. The largest absolute Gasteiger partial charge is 0.478 e. The van der Waals surface area contributed by atoms with E-state index in [9.17, 15) is 13.2 Å². The first-order valence-corrected chi connectivity index (χ1v) is 6.32. The van der Waals surface area contributed by atoms with Crippen LogP contribution in [-0.4, -0.2) is 29.5 Å². The van der Waals surface area contributed by atoms with Gasteiger partial charge in [0.2, 0.25) is 0 Å². The van der Waals surface area contributed by atoms with Gasteiger partial charge in [-0.1, -0.05) is 0 Å². The molecule has 0 amide bonds. The first-order chi connectivity index (χ1) is 8.49.